The number of hydrogen-bond donors (Lipinski definition) is 2. The molecule has 0 saturated carbocycles. The first-order chi connectivity index (χ1) is 10.6. The predicted octanol–water partition coefficient (Wildman–Crippen LogP) is 3.90. The molecule has 5 nitrogen and oxygen atoms in total. The SMILES string of the molecule is Cc1ccccc1Nc1nc2ccc(CCC(=O)O)cc2o1. The van der Waals surface area contributed by atoms with Crippen LogP contribution in [0.25, 0.3) is 11.1 Å². The summed E-state index contributed by atoms with van der Waals surface area (Å²) in [6.45, 7) is 2.01. The summed E-state index contributed by atoms with van der Waals surface area (Å²) in [6, 6.07) is 13.9. The van der Waals surface area contributed by atoms with Crippen molar-refractivity contribution in [2.75, 3.05) is 5.32 Å². The highest BCUT2D eigenvalue weighted by atomic mass is 16.4. The minimum Gasteiger partial charge on any atom is -0.481 e. The molecule has 3 rings (SSSR count). The van der Waals surface area contributed by atoms with E-state index in [1.807, 2.05) is 49.4 Å². The summed E-state index contributed by atoms with van der Waals surface area (Å²) in [5.74, 6) is -0.806. The van der Waals surface area contributed by atoms with E-state index in [9.17, 15) is 4.79 Å². The van der Waals surface area contributed by atoms with Crippen LogP contribution in [0.4, 0.5) is 11.7 Å². The lowest BCUT2D eigenvalue weighted by Gasteiger charge is -2.04. The van der Waals surface area contributed by atoms with Crippen molar-refractivity contribution in [3.05, 3.63) is 53.6 Å². The second-order valence-electron chi connectivity index (χ2n) is 5.15. The average Bonchev–Trinajstić information content (AvgIpc) is 2.89. The molecule has 0 atom stereocenters. The van der Waals surface area contributed by atoms with Crippen LogP contribution < -0.4 is 5.32 Å². The molecule has 0 spiro atoms. The zero-order chi connectivity index (χ0) is 15.5. The normalized spacial score (nSPS) is 10.8. The van der Waals surface area contributed by atoms with Crippen LogP contribution in [0.1, 0.15) is 17.5 Å². The first-order valence-electron chi connectivity index (χ1n) is 7.06. The number of aliphatic carboxylic acids is 1. The number of benzene rings is 2. The molecule has 0 saturated heterocycles. The molecule has 3 aromatic rings. The lowest BCUT2D eigenvalue weighted by molar-refractivity contribution is -0.136. The maximum Gasteiger partial charge on any atom is 0.303 e. The van der Waals surface area contributed by atoms with Gasteiger partial charge in [-0.15, -0.1) is 0 Å². The zero-order valence-corrected chi connectivity index (χ0v) is 12.2. The molecule has 0 radical (unpaired) electrons. The number of carboxylic acids is 1. The number of fused-ring (bicyclic) bond motifs is 1. The van der Waals surface area contributed by atoms with Gasteiger partial charge in [-0.3, -0.25) is 4.79 Å². The first-order valence-corrected chi connectivity index (χ1v) is 7.06. The Morgan fingerprint density at radius 3 is 2.86 bits per heavy atom. The van der Waals surface area contributed by atoms with Gasteiger partial charge in [-0.05, 0) is 42.7 Å². The molecule has 2 N–H and O–H groups in total. The van der Waals surface area contributed by atoms with Gasteiger partial charge in [0.1, 0.15) is 5.52 Å². The molecule has 5 heteroatoms. The lowest BCUT2D eigenvalue weighted by Crippen LogP contribution is -1.96. The standard InChI is InChI=1S/C17H16N2O3/c1-11-4-2-3-5-13(11)18-17-19-14-8-6-12(7-9-16(20)21)10-15(14)22-17/h2-6,8,10H,7,9H2,1H3,(H,18,19)(H,20,21). The lowest BCUT2D eigenvalue weighted by atomic mass is 10.1. The van der Waals surface area contributed by atoms with Gasteiger partial charge in [0.25, 0.3) is 6.01 Å². The Morgan fingerprint density at radius 2 is 2.09 bits per heavy atom. The van der Waals surface area contributed by atoms with Crippen LogP contribution in [-0.2, 0) is 11.2 Å². The Hall–Kier alpha value is -2.82. The molecule has 1 aromatic heterocycles. The maximum atomic E-state index is 10.6. The van der Waals surface area contributed by atoms with E-state index in [2.05, 4.69) is 10.3 Å². The van der Waals surface area contributed by atoms with Gasteiger partial charge < -0.3 is 14.8 Å². The van der Waals surface area contributed by atoms with Gasteiger partial charge in [-0.25, -0.2) is 0 Å². The number of nitrogens with one attached hydrogen (secondary N) is 1. The number of aromatic nitrogens is 1. The van der Waals surface area contributed by atoms with E-state index in [0.717, 1.165) is 22.3 Å². The molecule has 22 heavy (non-hydrogen) atoms. The van der Waals surface area contributed by atoms with E-state index in [4.69, 9.17) is 9.52 Å². The summed E-state index contributed by atoms with van der Waals surface area (Å²) >= 11 is 0. The Bertz CT molecular complexity index is 824. The smallest absolute Gasteiger partial charge is 0.303 e. The van der Waals surface area contributed by atoms with Crippen molar-refractivity contribution < 1.29 is 14.3 Å². The fraction of sp³-hybridized carbons (Fsp3) is 0.176. The van der Waals surface area contributed by atoms with Crippen LogP contribution in [-0.4, -0.2) is 16.1 Å². The summed E-state index contributed by atoms with van der Waals surface area (Å²) in [4.78, 5) is 15.0. The Kier molecular flexibility index (Phi) is 3.78. The van der Waals surface area contributed by atoms with Crippen molar-refractivity contribution in [2.45, 2.75) is 19.8 Å². The van der Waals surface area contributed by atoms with Crippen LogP contribution in [0.5, 0.6) is 0 Å². The number of carbonyl (C=O) groups is 1. The molecule has 1 heterocycles. The van der Waals surface area contributed by atoms with Crippen LogP contribution >= 0.6 is 0 Å². The summed E-state index contributed by atoms with van der Waals surface area (Å²) < 4.78 is 5.70. The largest absolute Gasteiger partial charge is 0.481 e. The van der Waals surface area contributed by atoms with Crippen LogP contribution in [0, 0.1) is 6.92 Å². The van der Waals surface area contributed by atoms with Gasteiger partial charge in [0, 0.05) is 12.1 Å². The second-order valence-corrected chi connectivity index (χ2v) is 5.15. The van der Waals surface area contributed by atoms with Crippen molar-refractivity contribution in [1.29, 1.82) is 0 Å². The van der Waals surface area contributed by atoms with Crippen molar-refractivity contribution in [2.24, 2.45) is 0 Å². The molecule has 112 valence electrons. The number of nitrogens with zero attached hydrogens (tertiary/aromatic N) is 1. The Morgan fingerprint density at radius 1 is 1.27 bits per heavy atom. The van der Waals surface area contributed by atoms with Crippen molar-refractivity contribution in [3.8, 4) is 0 Å². The van der Waals surface area contributed by atoms with Crippen molar-refractivity contribution in [3.63, 3.8) is 0 Å². The number of oxazole rings is 1. The molecule has 0 unspecified atom stereocenters. The van der Waals surface area contributed by atoms with Gasteiger partial charge in [-0.2, -0.15) is 4.98 Å². The van der Waals surface area contributed by atoms with E-state index in [1.54, 1.807) is 0 Å². The fourth-order valence-corrected chi connectivity index (χ4v) is 2.26. The van der Waals surface area contributed by atoms with Crippen LogP contribution in [0.15, 0.2) is 46.9 Å². The summed E-state index contributed by atoms with van der Waals surface area (Å²) in [5, 5.41) is 11.9. The highest BCUT2D eigenvalue weighted by Crippen LogP contribution is 2.24. The Labute approximate surface area is 127 Å². The average molecular weight is 296 g/mol. The van der Waals surface area contributed by atoms with Crippen molar-refractivity contribution in [1.82, 2.24) is 4.98 Å². The summed E-state index contributed by atoms with van der Waals surface area (Å²) in [5.41, 5.74) is 4.37. The molecule has 0 bridgehead atoms. The molecule has 2 aromatic carbocycles. The number of rotatable bonds is 5. The summed E-state index contributed by atoms with van der Waals surface area (Å²) in [7, 11) is 0. The quantitative estimate of drug-likeness (QED) is 0.747. The third kappa shape index (κ3) is 3.09. The summed E-state index contributed by atoms with van der Waals surface area (Å²) in [6.07, 6.45) is 0.584. The van der Waals surface area contributed by atoms with Crippen molar-refractivity contribution >= 4 is 28.8 Å². The molecule has 0 aliphatic rings. The van der Waals surface area contributed by atoms with Gasteiger partial charge in [-0.1, -0.05) is 24.3 Å². The van der Waals surface area contributed by atoms with Gasteiger partial charge in [0.05, 0.1) is 0 Å². The number of carboxylic acid groups (broad SMARTS) is 1. The van der Waals surface area contributed by atoms with E-state index < -0.39 is 5.97 Å². The van der Waals surface area contributed by atoms with E-state index >= 15 is 0 Å². The minimum absolute atomic E-state index is 0.105. The van der Waals surface area contributed by atoms with Crippen LogP contribution in [0.2, 0.25) is 0 Å². The van der Waals surface area contributed by atoms with E-state index in [-0.39, 0.29) is 6.42 Å². The number of anilines is 2. The highest BCUT2D eigenvalue weighted by Gasteiger charge is 2.08. The fourth-order valence-electron chi connectivity index (χ4n) is 2.26. The highest BCUT2D eigenvalue weighted by molar-refractivity contribution is 5.76. The topological polar surface area (TPSA) is 75.4 Å². The monoisotopic (exact) mass is 296 g/mol. The Balaban J connectivity index is 1.83. The zero-order valence-electron chi connectivity index (χ0n) is 12.2. The number of hydrogen-bond acceptors (Lipinski definition) is 4. The maximum absolute atomic E-state index is 10.6. The second kappa shape index (κ2) is 5.89. The third-order valence-corrected chi connectivity index (χ3v) is 3.47. The molecule has 0 aliphatic carbocycles. The molecule has 0 aliphatic heterocycles. The number of aryl methyl sites for hydroxylation is 2. The number of para-hydroxylation sites is 1. The van der Waals surface area contributed by atoms with Crippen LogP contribution in [0.3, 0.4) is 0 Å². The minimum atomic E-state index is -0.806. The van der Waals surface area contributed by atoms with E-state index in [1.165, 1.54) is 0 Å². The van der Waals surface area contributed by atoms with Gasteiger partial charge in [0.2, 0.25) is 0 Å². The molecule has 0 amide bonds. The molecular weight excluding hydrogens is 280 g/mol. The van der Waals surface area contributed by atoms with Gasteiger partial charge >= 0.3 is 5.97 Å². The molecular formula is C17H16N2O3. The predicted molar refractivity (Wildman–Crippen MR) is 84.4 cm³/mol. The third-order valence-electron chi connectivity index (χ3n) is 3.47. The molecule has 0 fully saturated rings. The van der Waals surface area contributed by atoms with Gasteiger partial charge in [0.15, 0.2) is 5.58 Å². The first kappa shape index (κ1) is 14.1. The van der Waals surface area contributed by atoms with E-state index in [0.29, 0.717) is 18.0 Å².